The van der Waals surface area contributed by atoms with Gasteiger partial charge >= 0.3 is 12.3 Å². The maximum Gasteiger partial charge on any atom is 0.410 e. The highest BCUT2D eigenvalue weighted by Crippen LogP contribution is 2.38. The number of carbonyl (C=O) groups excluding carboxylic acids is 2. The minimum Gasteiger partial charge on any atom is -0.444 e. The molecule has 3 heterocycles. The molecule has 0 radical (unpaired) electrons. The van der Waals surface area contributed by atoms with Crippen LogP contribution in [0.1, 0.15) is 51.5 Å². The predicted octanol–water partition coefficient (Wildman–Crippen LogP) is 4.67. The highest BCUT2D eigenvalue weighted by Gasteiger charge is 2.49. The largest absolute Gasteiger partial charge is 0.444 e. The highest BCUT2D eigenvalue weighted by atomic mass is 19.4. The van der Waals surface area contributed by atoms with Gasteiger partial charge in [-0.15, -0.1) is 0 Å². The lowest BCUT2D eigenvalue weighted by molar-refractivity contribution is -0.186. The molecule has 1 aromatic heterocycles. The molecule has 1 unspecified atom stereocenters. The third kappa shape index (κ3) is 4.76. The van der Waals surface area contributed by atoms with Gasteiger partial charge in [-0.05, 0) is 33.6 Å². The van der Waals surface area contributed by atoms with Gasteiger partial charge < -0.3 is 14.5 Å². The average Bonchev–Trinajstić information content (AvgIpc) is 3.29. The zero-order valence-corrected chi connectivity index (χ0v) is 19.2. The second kappa shape index (κ2) is 8.59. The Morgan fingerprint density at radius 1 is 1.14 bits per heavy atom. The quantitative estimate of drug-likeness (QED) is 0.568. The molecule has 7 nitrogen and oxygen atoms in total. The zero-order valence-electron chi connectivity index (χ0n) is 19.2. The number of ether oxygens (including phenoxy) is 1. The first-order valence-corrected chi connectivity index (χ1v) is 11.0. The number of aromatic nitrogens is 2. The monoisotopic (exact) mass is 506 g/mol. The number of likely N-dealkylation sites (tertiary alicyclic amines) is 2. The number of fused-ring (bicyclic) bond motifs is 1. The Labute approximate surface area is 196 Å². The number of rotatable bonds is 3. The Morgan fingerprint density at radius 2 is 1.80 bits per heavy atom. The van der Waals surface area contributed by atoms with Gasteiger partial charge in [0, 0.05) is 37.7 Å². The number of alkyl halides is 4. The second-order valence-corrected chi connectivity index (χ2v) is 9.76. The number of amides is 2. The van der Waals surface area contributed by atoms with Crippen LogP contribution in [-0.2, 0) is 9.53 Å². The smallest absolute Gasteiger partial charge is 0.410 e. The van der Waals surface area contributed by atoms with Crippen LogP contribution in [-0.4, -0.2) is 69.0 Å². The number of hydrogen-bond donors (Lipinski definition) is 0. The molecule has 2 saturated heterocycles. The van der Waals surface area contributed by atoms with Crippen LogP contribution in [0.5, 0.6) is 0 Å². The van der Waals surface area contributed by atoms with Crippen molar-refractivity contribution in [2.75, 3.05) is 19.6 Å². The Hall–Kier alpha value is -2.99. The van der Waals surface area contributed by atoms with E-state index in [4.69, 9.17) is 4.74 Å². The van der Waals surface area contributed by atoms with E-state index in [1.54, 1.807) is 20.8 Å². The lowest BCUT2D eigenvalue weighted by atomic mass is 9.94. The lowest BCUT2D eigenvalue weighted by Gasteiger charge is -2.39. The van der Waals surface area contributed by atoms with Crippen molar-refractivity contribution in [2.24, 2.45) is 0 Å². The van der Waals surface area contributed by atoms with Crippen molar-refractivity contribution in [1.82, 2.24) is 19.6 Å². The van der Waals surface area contributed by atoms with Crippen molar-refractivity contribution in [1.29, 1.82) is 0 Å². The summed E-state index contributed by atoms with van der Waals surface area (Å²) in [5, 5.41) is 3.73. The van der Waals surface area contributed by atoms with Gasteiger partial charge in [0.2, 0.25) is 0 Å². The highest BCUT2D eigenvalue weighted by molar-refractivity contribution is 5.87. The van der Waals surface area contributed by atoms with Gasteiger partial charge in [-0.1, -0.05) is 0 Å². The fourth-order valence-corrected chi connectivity index (χ4v) is 4.41. The van der Waals surface area contributed by atoms with E-state index >= 15 is 4.39 Å². The van der Waals surface area contributed by atoms with E-state index < -0.39 is 59.2 Å². The molecule has 2 atom stereocenters. The van der Waals surface area contributed by atoms with Crippen LogP contribution in [0.4, 0.5) is 31.1 Å². The first-order chi connectivity index (χ1) is 16.2. The van der Waals surface area contributed by atoms with Crippen LogP contribution in [0.2, 0.25) is 0 Å². The van der Waals surface area contributed by atoms with Crippen molar-refractivity contribution in [3.63, 3.8) is 0 Å². The van der Waals surface area contributed by atoms with Crippen molar-refractivity contribution in [3.05, 3.63) is 29.5 Å². The summed E-state index contributed by atoms with van der Waals surface area (Å²) in [6, 6.07) is -0.807. The molecule has 2 aliphatic heterocycles. The number of nitrogens with zero attached hydrogens (tertiary/aromatic N) is 4. The van der Waals surface area contributed by atoms with Gasteiger partial charge in [-0.2, -0.15) is 18.3 Å². The SMILES string of the molecule is CC(C)(C)OC(=O)N1CC(c2nn(C(F)C(=O)N3CCC[C@H]3C(F)(F)F)c3cc(F)cc(F)c23)C1. The summed E-state index contributed by atoms with van der Waals surface area (Å²) in [6.45, 7) is 4.85. The third-order valence-electron chi connectivity index (χ3n) is 6.00. The predicted molar refractivity (Wildman–Crippen MR) is 111 cm³/mol. The molecule has 2 amide bonds. The number of carbonyl (C=O) groups is 2. The minimum absolute atomic E-state index is 0.0263. The molecule has 13 heteroatoms. The molecule has 192 valence electrons. The summed E-state index contributed by atoms with van der Waals surface area (Å²) in [6.07, 6.45) is -8.40. The lowest BCUT2D eigenvalue weighted by Crippen LogP contribution is -2.50. The normalized spacial score (nSPS) is 20.3. The number of benzene rings is 1. The van der Waals surface area contributed by atoms with E-state index in [0.29, 0.717) is 15.6 Å². The molecule has 0 bridgehead atoms. The summed E-state index contributed by atoms with van der Waals surface area (Å²) < 4.78 is 89.6. The number of hydrogen-bond acceptors (Lipinski definition) is 4. The fraction of sp³-hybridized carbons (Fsp3) is 0.591. The van der Waals surface area contributed by atoms with Crippen molar-refractivity contribution < 1.29 is 40.7 Å². The Bertz CT molecular complexity index is 1150. The van der Waals surface area contributed by atoms with Gasteiger partial charge in [0.05, 0.1) is 16.6 Å². The standard InChI is InChI=1S/C22H24F6N4O3/c1-21(2,3)35-20(34)30-9-11(10-30)17-16-13(24)7-12(23)8-14(16)32(29-17)18(25)19(33)31-6-4-5-15(31)22(26,27)28/h7-8,11,15,18H,4-6,9-10H2,1-3H3/t15-,18?/m0/s1. The molecule has 0 spiro atoms. The molecule has 2 aliphatic rings. The van der Waals surface area contributed by atoms with E-state index in [2.05, 4.69) is 5.10 Å². The summed E-state index contributed by atoms with van der Waals surface area (Å²) in [7, 11) is 0. The zero-order chi connectivity index (χ0) is 25.9. The molecule has 2 fully saturated rings. The molecule has 0 saturated carbocycles. The van der Waals surface area contributed by atoms with E-state index in [-0.39, 0.29) is 43.6 Å². The van der Waals surface area contributed by atoms with E-state index in [0.717, 1.165) is 6.07 Å². The summed E-state index contributed by atoms with van der Waals surface area (Å²) in [4.78, 5) is 26.6. The van der Waals surface area contributed by atoms with E-state index in [1.807, 2.05) is 0 Å². The van der Waals surface area contributed by atoms with Gasteiger partial charge in [0.25, 0.3) is 12.2 Å². The van der Waals surface area contributed by atoms with Gasteiger partial charge in [-0.3, -0.25) is 4.79 Å². The second-order valence-electron chi connectivity index (χ2n) is 9.76. The molecule has 1 aromatic carbocycles. The van der Waals surface area contributed by atoms with Crippen molar-refractivity contribution in [3.8, 4) is 0 Å². The van der Waals surface area contributed by atoms with Gasteiger partial charge in [-0.25, -0.2) is 22.6 Å². The summed E-state index contributed by atoms with van der Waals surface area (Å²) >= 11 is 0. The Morgan fingerprint density at radius 3 is 2.40 bits per heavy atom. The Balaban J connectivity index is 1.64. The first-order valence-electron chi connectivity index (χ1n) is 11.0. The van der Waals surface area contributed by atoms with E-state index in [9.17, 15) is 31.5 Å². The van der Waals surface area contributed by atoms with Crippen LogP contribution < -0.4 is 0 Å². The van der Waals surface area contributed by atoms with Crippen LogP contribution in [0.3, 0.4) is 0 Å². The molecule has 0 N–H and O–H groups in total. The van der Waals surface area contributed by atoms with Crippen LogP contribution in [0, 0.1) is 11.6 Å². The molecule has 2 aromatic rings. The van der Waals surface area contributed by atoms with Crippen molar-refractivity contribution in [2.45, 2.75) is 63.6 Å². The first kappa shape index (κ1) is 25.1. The maximum absolute atomic E-state index is 15.3. The molecular formula is C22H24F6N4O3. The van der Waals surface area contributed by atoms with Crippen LogP contribution in [0.15, 0.2) is 12.1 Å². The molecule has 35 heavy (non-hydrogen) atoms. The molecule has 4 rings (SSSR count). The van der Waals surface area contributed by atoms with Crippen molar-refractivity contribution >= 4 is 22.9 Å². The average molecular weight is 506 g/mol. The van der Waals surface area contributed by atoms with Gasteiger partial charge in [0.15, 0.2) is 0 Å². The molecule has 0 aliphatic carbocycles. The summed E-state index contributed by atoms with van der Waals surface area (Å²) in [5.74, 6) is -4.20. The summed E-state index contributed by atoms with van der Waals surface area (Å²) in [5.41, 5.74) is -1.18. The maximum atomic E-state index is 15.3. The van der Waals surface area contributed by atoms with Gasteiger partial charge in [0.1, 0.15) is 23.3 Å². The fourth-order valence-electron chi connectivity index (χ4n) is 4.41. The third-order valence-corrected chi connectivity index (χ3v) is 6.00. The topological polar surface area (TPSA) is 67.7 Å². The minimum atomic E-state index is -4.74. The molecular weight excluding hydrogens is 482 g/mol. The number of halogens is 6. The van der Waals surface area contributed by atoms with E-state index in [1.165, 1.54) is 4.90 Å². The van der Waals surface area contributed by atoms with Crippen LogP contribution in [0.25, 0.3) is 10.9 Å². The van der Waals surface area contributed by atoms with Crippen LogP contribution >= 0.6 is 0 Å². The Kier molecular flexibility index (Phi) is 6.17.